The lowest BCUT2D eigenvalue weighted by Crippen LogP contribution is -2.38. The quantitative estimate of drug-likeness (QED) is 0.619. The first kappa shape index (κ1) is 20.5. The van der Waals surface area contributed by atoms with Crippen LogP contribution in [0.2, 0.25) is 5.02 Å². The molecule has 0 fully saturated rings. The average Bonchev–Trinajstić information content (AvgIpc) is 3.15. The molecule has 6 heteroatoms. The Labute approximate surface area is 182 Å². The van der Waals surface area contributed by atoms with Crippen LogP contribution in [-0.4, -0.2) is 34.2 Å². The largest absolute Gasteiger partial charge is 0.483 e. The summed E-state index contributed by atoms with van der Waals surface area (Å²) >= 11 is 6.15. The fourth-order valence-corrected chi connectivity index (χ4v) is 4.05. The highest BCUT2D eigenvalue weighted by molar-refractivity contribution is 6.30. The van der Waals surface area contributed by atoms with Gasteiger partial charge in [0.15, 0.2) is 6.61 Å². The summed E-state index contributed by atoms with van der Waals surface area (Å²) < 4.78 is 5.96. The van der Waals surface area contributed by atoms with E-state index >= 15 is 0 Å². The molecular formula is C24H26ClN3O2. The zero-order chi connectivity index (χ0) is 21.3. The van der Waals surface area contributed by atoms with Gasteiger partial charge in [0, 0.05) is 41.4 Å². The van der Waals surface area contributed by atoms with Gasteiger partial charge in [-0.25, -0.2) is 0 Å². The molecule has 0 bridgehead atoms. The Kier molecular flexibility index (Phi) is 5.82. The Morgan fingerprint density at radius 3 is 2.87 bits per heavy atom. The Morgan fingerprint density at radius 1 is 1.27 bits per heavy atom. The number of benzene rings is 2. The zero-order valence-electron chi connectivity index (χ0n) is 17.5. The number of carbonyl (C=O) groups excluding carboxylic acids is 1. The lowest BCUT2D eigenvalue weighted by Gasteiger charge is -2.27. The van der Waals surface area contributed by atoms with E-state index in [0.717, 1.165) is 45.8 Å². The van der Waals surface area contributed by atoms with Crippen LogP contribution in [0.1, 0.15) is 42.1 Å². The second kappa shape index (κ2) is 8.52. The van der Waals surface area contributed by atoms with Crippen LogP contribution < -0.4 is 4.74 Å². The Balaban J connectivity index is 1.48. The SMILES string of the molecule is Cc1ccc(C(C)C)c(OCC(=O)N2CCc3[nH]nc(-c4cccc(Cl)c4)c3C2)c1. The highest BCUT2D eigenvalue weighted by Crippen LogP contribution is 2.30. The lowest BCUT2D eigenvalue weighted by molar-refractivity contribution is -0.134. The fraction of sp³-hybridized carbons (Fsp3) is 0.333. The molecule has 0 radical (unpaired) electrons. The summed E-state index contributed by atoms with van der Waals surface area (Å²) in [4.78, 5) is 14.8. The molecule has 0 spiro atoms. The maximum Gasteiger partial charge on any atom is 0.260 e. The minimum Gasteiger partial charge on any atom is -0.483 e. The van der Waals surface area contributed by atoms with Crippen molar-refractivity contribution in [3.63, 3.8) is 0 Å². The van der Waals surface area contributed by atoms with E-state index in [2.05, 4.69) is 36.2 Å². The second-order valence-electron chi connectivity index (χ2n) is 8.09. The molecule has 1 aliphatic heterocycles. The summed E-state index contributed by atoms with van der Waals surface area (Å²) in [5, 5.41) is 8.28. The van der Waals surface area contributed by atoms with E-state index in [-0.39, 0.29) is 12.5 Å². The van der Waals surface area contributed by atoms with E-state index < -0.39 is 0 Å². The predicted molar refractivity (Wildman–Crippen MR) is 119 cm³/mol. The molecular weight excluding hydrogens is 398 g/mol. The molecule has 5 nitrogen and oxygen atoms in total. The van der Waals surface area contributed by atoms with Crippen LogP contribution in [0.15, 0.2) is 42.5 Å². The maximum absolute atomic E-state index is 12.9. The van der Waals surface area contributed by atoms with Gasteiger partial charge in [0.05, 0.1) is 5.69 Å². The van der Waals surface area contributed by atoms with Crippen molar-refractivity contribution >= 4 is 17.5 Å². The molecule has 30 heavy (non-hydrogen) atoms. The molecule has 4 rings (SSSR count). The lowest BCUT2D eigenvalue weighted by atomic mass is 10.0. The maximum atomic E-state index is 12.9. The highest BCUT2D eigenvalue weighted by atomic mass is 35.5. The number of nitrogens with zero attached hydrogens (tertiary/aromatic N) is 2. The minimum atomic E-state index is -0.0184. The molecule has 2 heterocycles. The summed E-state index contributed by atoms with van der Waals surface area (Å²) in [6.45, 7) is 7.48. The van der Waals surface area contributed by atoms with Crippen molar-refractivity contribution in [1.82, 2.24) is 15.1 Å². The van der Waals surface area contributed by atoms with Crippen molar-refractivity contribution in [2.45, 2.75) is 39.7 Å². The molecule has 0 saturated heterocycles. The van der Waals surface area contributed by atoms with E-state index in [0.29, 0.717) is 24.0 Å². The molecule has 0 aliphatic carbocycles. The van der Waals surface area contributed by atoms with Crippen molar-refractivity contribution in [3.8, 4) is 17.0 Å². The number of H-pyrrole nitrogens is 1. The monoisotopic (exact) mass is 423 g/mol. The summed E-state index contributed by atoms with van der Waals surface area (Å²) in [7, 11) is 0. The predicted octanol–water partition coefficient (Wildman–Crippen LogP) is 5.13. The van der Waals surface area contributed by atoms with Crippen molar-refractivity contribution in [2.24, 2.45) is 0 Å². The number of carbonyl (C=O) groups is 1. The van der Waals surface area contributed by atoms with Gasteiger partial charge in [0.25, 0.3) is 5.91 Å². The number of ether oxygens (including phenoxy) is 1. The third-order valence-corrected chi connectivity index (χ3v) is 5.76. The smallest absolute Gasteiger partial charge is 0.260 e. The van der Waals surface area contributed by atoms with Crippen LogP contribution in [0.4, 0.5) is 0 Å². The van der Waals surface area contributed by atoms with Crippen LogP contribution in [0.5, 0.6) is 5.75 Å². The third kappa shape index (κ3) is 4.21. The summed E-state index contributed by atoms with van der Waals surface area (Å²) in [6, 6.07) is 13.8. The first-order valence-electron chi connectivity index (χ1n) is 10.3. The zero-order valence-corrected chi connectivity index (χ0v) is 18.3. The number of amides is 1. The molecule has 0 atom stereocenters. The van der Waals surface area contributed by atoms with Crippen LogP contribution in [0.25, 0.3) is 11.3 Å². The molecule has 0 unspecified atom stereocenters. The van der Waals surface area contributed by atoms with Gasteiger partial charge in [-0.2, -0.15) is 5.10 Å². The van der Waals surface area contributed by atoms with Crippen molar-refractivity contribution in [2.75, 3.05) is 13.2 Å². The van der Waals surface area contributed by atoms with Crippen molar-refractivity contribution in [3.05, 3.63) is 69.9 Å². The number of aromatic nitrogens is 2. The minimum absolute atomic E-state index is 0.0184. The van der Waals surface area contributed by atoms with Crippen LogP contribution >= 0.6 is 11.6 Å². The van der Waals surface area contributed by atoms with E-state index in [1.165, 1.54) is 0 Å². The van der Waals surface area contributed by atoms with Gasteiger partial charge in [-0.1, -0.05) is 49.7 Å². The summed E-state index contributed by atoms with van der Waals surface area (Å²) in [5.41, 5.74) is 6.17. The molecule has 1 aromatic heterocycles. The average molecular weight is 424 g/mol. The number of rotatable bonds is 5. The van der Waals surface area contributed by atoms with Gasteiger partial charge in [-0.05, 0) is 42.2 Å². The number of aromatic amines is 1. The first-order chi connectivity index (χ1) is 14.4. The van der Waals surface area contributed by atoms with Crippen molar-refractivity contribution < 1.29 is 9.53 Å². The second-order valence-corrected chi connectivity index (χ2v) is 8.53. The van der Waals surface area contributed by atoms with Gasteiger partial charge >= 0.3 is 0 Å². The standard InChI is InChI=1S/C24H26ClN3O2/c1-15(2)19-8-7-16(3)11-22(19)30-14-23(29)28-10-9-21-20(13-28)24(27-26-21)17-5-4-6-18(25)12-17/h4-8,11-12,15H,9-10,13-14H2,1-3H3,(H,26,27). The van der Waals surface area contributed by atoms with Gasteiger partial charge in [-0.15, -0.1) is 0 Å². The summed E-state index contributed by atoms with van der Waals surface area (Å²) in [5.74, 6) is 1.11. The molecule has 2 aromatic carbocycles. The molecule has 1 aliphatic rings. The van der Waals surface area contributed by atoms with Crippen LogP contribution in [0, 0.1) is 6.92 Å². The van der Waals surface area contributed by atoms with E-state index in [1.807, 2.05) is 42.2 Å². The first-order valence-corrected chi connectivity index (χ1v) is 10.6. The summed E-state index contributed by atoms with van der Waals surface area (Å²) in [6.07, 6.45) is 0.746. The Morgan fingerprint density at radius 2 is 2.10 bits per heavy atom. The normalized spacial score (nSPS) is 13.4. The number of hydrogen-bond acceptors (Lipinski definition) is 3. The van der Waals surface area contributed by atoms with Gasteiger partial charge < -0.3 is 9.64 Å². The highest BCUT2D eigenvalue weighted by Gasteiger charge is 2.26. The van der Waals surface area contributed by atoms with E-state index in [1.54, 1.807) is 0 Å². The van der Waals surface area contributed by atoms with E-state index in [4.69, 9.17) is 16.3 Å². The number of nitrogens with one attached hydrogen (secondary N) is 1. The van der Waals surface area contributed by atoms with Gasteiger partial charge in [-0.3, -0.25) is 9.89 Å². The Hall–Kier alpha value is -2.79. The number of aryl methyl sites for hydroxylation is 1. The van der Waals surface area contributed by atoms with Gasteiger partial charge in [0.1, 0.15) is 5.75 Å². The van der Waals surface area contributed by atoms with Crippen LogP contribution in [-0.2, 0) is 17.8 Å². The topological polar surface area (TPSA) is 58.2 Å². The van der Waals surface area contributed by atoms with Crippen molar-refractivity contribution in [1.29, 1.82) is 0 Å². The molecule has 1 N–H and O–H groups in total. The molecule has 3 aromatic rings. The Bertz CT molecular complexity index is 1070. The van der Waals surface area contributed by atoms with Crippen LogP contribution in [0.3, 0.4) is 0 Å². The third-order valence-electron chi connectivity index (χ3n) is 5.53. The molecule has 1 amide bonds. The number of hydrogen-bond donors (Lipinski definition) is 1. The number of fused-ring (bicyclic) bond motifs is 1. The van der Waals surface area contributed by atoms with E-state index in [9.17, 15) is 4.79 Å². The number of halogens is 1. The van der Waals surface area contributed by atoms with Gasteiger partial charge in [0.2, 0.25) is 0 Å². The fourth-order valence-electron chi connectivity index (χ4n) is 3.86. The molecule has 156 valence electrons. The molecule has 0 saturated carbocycles.